The summed E-state index contributed by atoms with van der Waals surface area (Å²) in [5.74, 6) is -2.23. The molecule has 3 N–H and O–H groups in total. The lowest BCUT2D eigenvalue weighted by Crippen LogP contribution is -2.54. The Labute approximate surface area is 358 Å². The Kier molecular flexibility index (Phi) is 12.9. The maximum Gasteiger partial charge on any atom is 0.433 e. The van der Waals surface area contributed by atoms with E-state index >= 15 is 0 Å². The molecule has 0 radical (unpaired) electrons. The first-order chi connectivity index (χ1) is 30.2. The second-order valence-corrected chi connectivity index (χ2v) is 16.7. The number of nitrogens with zero attached hydrogens (tertiary/aromatic N) is 5. The lowest BCUT2D eigenvalue weighted by atomic mass is 9.85. The molecule has 1 saturated carbocycles. The minimum Gasteiger partial charge on any atom is -0.384 e. The number of fused-ring (bicyclic) bond motifs is 2. The first kappa shape index (κ1) is 43.8. The summed E-state index contributed by atoms with van der Waals surface area (Å²) in [7, 11) is 0. The highest BCUT2D eigenvalue weighted by molar-refractivity contribution is 6.25. The number of imide groups is 2. The van der Waals surface area contributed by atoms with E-state index in [1.165, 1.54) is 12.1 Å². The number of pyridine rings is 1. The summed E-state index contributed by atoms with van der Waals surface area (Å²) in [5.41, 5.74) is -1.21. The molecular formula is C44H47F5N8O6. The fourth-order valence-electron chi connectivity index (χ4n) is 9.09. The van der Waals surface area contributed by atoms with Gasteiger partial charge in [0.25, 0.3) is 24.1 Å². The molecule has 334 valence electrons. The molecule has 3 fully saturated rings. The second-order valence-electron chi connectivity index (χ2n) is 16.7. The smallest absolute Gasteiger partial charge is 0.384 e. The van der Waals surface area contributed by atoms with E-state index in [0.29, 0.717) is 54.6 Å². The Bertz CT molecular complexity index is 2390. The Morgan fingerprint density at radius 2 is 1.67 bits per heavy atom. The van der Waals surface area contributed by atoms with Crippen LogP contribution in [0.1, 0.15) is 113 Å². The number of likely N-dealkylation sites (tertiary alicyclic amines) is 1. The summed E-state index contributed by atoms with van der Waals surface area (Å²) in [6, 6.07) is 9.46. The number of anilines is 2. The van der Waals surface area contributed by atoms with Crippen molar-refractivity contribution in [1.29, 1.82) is 0 Å². The molecule has 5 heterocycles. The fraction of sp³-hybridized carbons (Fsp3) is 0.477. The number of nitrogens with one attached hydrogen (secondary N) is 3. The molecule has 4 aliphatic rings. The minimum atomic E-state index is -4.77. The second kappa shape index (κ2) is 18.5. The third-order valence-electron chi connectivity index (χ3n) is 12.5. The van der Waals surface area contributed by atoms with Crippen molar-refractivity contribution in [3.8, 4) is 0 Å². The van der Waals surface area contributed by atoms with Crippen LogP contribution in [-0.4, -0.2) is 99.5 Å². The van der Waals surface area contributed by atoms with Crippen molar-refractivity contribution in [3.05, 3.63) is 82.8 Å². The van der Waals surface area contributed by atoms with Gasteiger partial charge in [-0.3, -0.25) is 38.9 Å². The van der Waals surface area contributed by atoms with E-state index in [1.807, 2.05) is 0 Å². The van der Waals surface area contributed by atoms with Crippen molar-refractivity contribution in [2.45, 2.75) is 82.5 Å². The lowest BCUT2D eigenvalue weighted by Gasteiger charge is -2.36. The number of aromatic nitrogens is 3. The molecule has 1 atom stereocenters. The van der Waals surface area contributed by atoms with Crippen LogP contribution in [-0.2, 0) is 20.5 Å². The molecule has 19 heteroatoms. The van der Waals surface area contributed by atoms with Gasteiger partial charge in [0.15, 0.2) is 0 Å². The molecule has 4 aromatic rings. The number of alkyl halides is 5. The van der Waals surface area contributed by atoms with Gasteiger partial charge in [-0.1, -0.05) is 12.1 Å². The van der Waals surface area contributed by atoms with E-state index in [2.05, 4.69) is 30.9 Å². The van der Waals surface area contributed by atoms with Gasteiger partial charge in [-0.15, -0.1) is 0 Å². The fourth-order valence-corrected chi connectivity index (χ4v) is 9.09. The quantitative estimate of drug-likeness (QED) is 0.0682. The number of amides is 5. The summed E-state index contributed by atoms with van der Waals surface area (Å²) in [6.07, 6.45) is 0.621. The van der Waals surface area contributed by atoms with Crippen LogP contribution < -0.4 is 16.0 Å². The highest BCUT2D eigenvalue weighted by Crippen LogP contribution is 2.37. The largest absolute Gasteiger partial charge is 0.433 e. The average Bonchev–Trinajstić information content (AvgIpc) is 3.79. The van der Waals surface area contributed by atoms with E-state index in [0.717, 1.165) is 81.3 Å². The summed E-state index contributed by atoms with van der Waals surface area (Å²) >= 11 is 0. The predicted octanol–water partition coefficient (Wildman–Crippen LogP) is 7.00. The Morgan fingerprint density at radius 1 is 0.905 bits per heavy atom. The van der Waals surface area contributed by atoms with Gasteiger partial charge in [0.05, 0.1) is 28.4 Å². The maximum atomic E-state index is 14.1. The minimum absolute atomic E-state index is 0.0563. The van der Waals surface area contributed by atoms with Crippen molar-refractivity contribution in [1.82, 2.24) is 29.9 Å². The Hall–Kier alpha value is -5.82. The number of hydrogen-bond acceptors (Lipinski definition) is 10. The van der Waals surface area contributed by atoms with E-state index in [1.54, 1.807) is 29.1 Å². The van der Waals surface area contributed by atoms with Crippen molar-refractivity contribution in [3.63, 3.8) is 0 Å². The molecule has 1 unspecified atom stereocenters. The van der Waals surface area contributed by atoms with E-state index < -0.39 is 65.1 Å². The molecule has 2 aromatic heterocycles. The first-order valence-electron chi connectivity index (χ1n) is 21.3. The molecule has 14 nitrogen and oxygen atoms in total. The summed E-state index contributed by atoms with van der Waals surface area (Å²) in [4.78, 5) is 70.1. The molecule has 2 saturated heterocycles. The molecule has 3 aliphatic heterocycles. The van der Waals surface area contributed by atoms with Crippen LogP contribution in [0.15, 0.2) is 54.7 Å². The van der Waals surface area contributed by atoms with Gasteiger partial charge >= 0.3 is 6.18 Å². The third kappa shape index (κ3) is 9.73. The molecule has 0 spiro atoms. The average molecular weight is 879 g/mol. The number of benzene rings is 2. The number of hydrogen-bond donors (Lipinski definition) is 3. The van der Waals surface area contributed by atoms with Gasteiger partial charge in [0, 0.05) is 55.6 Å². The zero-order valence-electron chi connectivity index (χ0n) is 34.3. The van der Waals surface area contributed by atoms with E-state index in [-0.39, 0.29) is 35.7 Å². The van der Waals surface area contributed by atoms with Crippen LogP contribution in [0.25, 0.3) is 10.9 Å². The van der Waals surface area contributed by atoms with Gasteiger partial charge in [-0.25, -0.2) is 13.8 Å². The topological polar surface area (TPSA) is 168 Å². The standard InChI is InChI=1S/C44H47F5N8O6/c45-39(46)30-21-33-27(20-34(30)52-40(59)32-6-2-7-36(51-32)44(47,48)49)23-56(54-33)28-10-8-25(9-11-28)22-55-17-14-26(15-18-55)24-63-19-3-16-50-31-5-1-4-29-38(31)43(62)57(42(29)61)35-12-13-37(58)53-41(35)60/h1-2,4-7,20-21,23,25-26,28,35,39,50H,3,8-19,22,24H2,(H,52,59)(H,53,58,60)/t25-,28-,35?. The van der Waals surface area contributed by atoms with Gasteiger partial charge in [-0.2, -0.15) is 18.3 Å². The van der Waals surface area contributed by atoms with Crippen molar-refractivity contribution in [2.24, 2.45) is 11.8 Å². The molecule has 5 amide bonds. The number of ether oxygens (including phenoxy) is 1. The monoisotopic (exact) mass is 878 g/mol. The van der Waals surface area contributed by atoms with E-state index in [4.69, 9.17) is 4.74 Å². The highest BCUT2D eigenvalue weighted by atomic mass is 19.4. The van der Waals surface area contributed by atoms with Crippen molar-refractivity contribution in [2.75, 3.05) is 50.0 Å². The van der Waals surface area contributed by atoms with Crippen LogP contribution in [0.3, 0.4) is 0 Å². The molecule has 63 heavy (non-hydrogen) atoms. The number of rotatable bonds is 14. The SMILES string of the molecule is O=C1CCC(N2C(=O)c3cccc(NCCCOCC4CCN(C[C@H]5CC[C@H](n6cc7cc(NC(=O)c8cccc(C(F)(F)F)n8)c(C(F)F)cc7n6)CC5)CC4)c3C2=O)C(=O)N1. The van der Waals surface area contributed by atoms with Gasteiger partial charge in [-0.05, 0) is 113 Å². The lowest BCUT2D eigenvalue weighted by molar-refractivity contribution is -0.141. The maximum absolute atomic E-state index is 14.1. The van der Waals surface area contributed by atoms with Gasteiger partial charge < -0.3 is 20.3 Å². The van der Waals surface area contributed by atoms with Crippen LogP contribution in [0.5, 0.6) is 0 Å². The molecule has 8 rings (SSSR count). The summed E-state index contributed by atoms with van der Waals surface area (Å²) < 4.78 is 75.5. The molecule has 2 aromatic carbocycles. The molecular weight excluding hydrogens is 832 g/mol. The number of carbonyl (C=O) groups is 5. The Balaban J connectivity index is 0.747. The van der Waals surface area contributed by atoms with Crippen molar-refractivity contribution >= 4 is 51.8 Å². The van der Waals surface area contributed by atoms with Crippen molar-refractivity contribution < 1.29 is 50.7 Å². The zero-order chi connectivity index (χ0) is 44.4. The predicted molar refractivity (Wildman–Crippen MR) is 219 cm³/mol. The summed E-state index contributed by atoms with van der Waals surface area (Å²) in [5, 5.41) is 12.9. The van der Waals surface area contributed by atoms with Crippen LogP contribution in [0.4, 0.5) is 33.3 Å². The van der Waals surface area contributed by atoms with Crippen LogP contribution in [0, 0.1) is 11.8 Å². The third-order valence-corrected chi connectivity index (χ3v) is 12.5. The molecule has 0 bridgehead atoms. The first-order valence-corrected chi connectivity index (χ1v) is 21.3. The zero-order valence-corrected chi connectivity index (χ0v) is 34.3. The number of piperidine rings is 2. The number of halogens is 5. The van der Waals surface area contributed by atoms with Crippen LogP contribution >= 0.6 is 0 Å². The van der Waals surface area contributed by atoms with Gasteiger partial charge in [0.2, 0.25) is 11.8 Å². The van der Waals surface area contributed by atoms with Crippen LogP contribution in [0.2, 0.25) is 0 Å². The highest BCUT2D eigenvalue weighted by Gasteiger charge is 2.45. The molecule has 1 aliphatic carbocycles. The summed E-state index contributed by atoms with van der Waals surface area (Å²) in [6.45, 7) is 4.66. The Morgan fingerprint density at radius 3 is 2.40 bits per heavy atom. The normalized spacial score (nSPS) is 21.3. The van der Waals surface area contributed by atoms with Gasteiger partial charge in [0.1, 0.15) is 17.4 Å². The van der Waals surface area contributed by atoms with E-state index in [9.17, 15) is 45.9 Å². The number of carbonyl (C=O) groups excluding carboxylic acids is 5.